The molecule has 1 aliphatic heterocycles. The molecule has 0 aliphatic carbocycles. The van der Waals surface area contributed by atoms with Crippen LogP contribution in [0.15, 0.2) is 36.4 Å². The molecular formula is C21H24N2O2. The number of hydrogen-bond acceptors (Lipinski definition) is 2. The van der Waals surface area contributed by atoms with Crippen LogP contribution >= 0.6 is 0 Å². The zero-order valence-corrected chi connectivity index (χ0v) is 15.1. The number of carbonyl (C=O) groups excluding carboxylic acids is 2. The van der Waals surface area contributed by atoms with Crippen molar-refractivity contribution in [1.82, 2.24) is 0 Å². The molecule has 3 rings (SSSR count). The zero-order valence-electron chi connectivity index (χ0n) is 15.1. The summed E-state index contributed by atoms with van der Waals surface area (Å²) >= 11 is 0. The van der Waals surface area contributed by atoms with E-state index < -0.39 is 0 Å². The first-order valence-corrected chi connectivity index (χ1v) is 8.71. The first-order chi connectivity index (χ1) is 12.0. The minimum absolute atomic E-state index is 0.138. The van der Waals surface area contributed by atoms with Crippen molar-refractivity contribution < 1.29 is 9.59 Å². The van der Waals surface area contributed by atoms with Crippen molar-refractivity contribution in [2.75, 3.05) is 16.8 Å². The van der Waals surface area contributed by atoms with Crippen molar-refractivity contribution in [2.45, 2.75) is 40.0 Å². The molecular weight excluding hydrogens is 312 g/mol. The second-order valence-electron chi connectivity index (χ2n) is 6.78. The van der Waals surface area contributed by atoms with E-state index in [1.165, 1.54) is 5.56 Å². The van der Waals surface area contributed by atoms with Gasteiger partial charge in [-0.1, -0.05) is 35.9 Å². The Bertz CT molecular complexity index is 803. The van der Waals surface area contributed by atoms with E-state index in [1.54, 1.807) is 4.90 Å². The molecule has 0 saturated carbocycles. The molecule has 0 bridgehead atoms. The Morgan fingerprint density at radius 1 is 1.08 bits per heavy atom. The highest BCUT2D eigenvalue weighted by Crippen LogP contribution is 2.27. The number of hydrogen-bond donors (Lipinski definition) is 1. The maximum atomic E-state index is 12.7. The van der Waals surface area contributed by atoms with Crippen LogP contribution < -0.4 is 10.2 Å². The standard InChI is InChI=1S/C21H24N2O2/c1-14-11-15(2)21(16(3)12-14)22-19(24)13-20(25)23-10-6-8-17-7-4-5-9-18(17)23/h4-5,7,9,11-12H,6,8,10,13H2,1-3H3,(H,22,24). The van der Waals surface area contributed by atoms with Crippen LogP contribution in [0.25, 0.3) is 0 Å². The van der Waals surface area contributed by atoms with Crippen molar-refractivity contribution in [3.8, 4) is 0 Å². The summed E-state index contributed by atoms with van der Waals surface area (Å²) in [6.45, 7) is 6.64. The number of amides is 2. The lowest BCUT2D eigenvalue weighted by Crippen LogP contribution is -2.37. The third-order valence-corrected chi connectivity index (χ3v) is 4.66. The number of rotatable bonds is 3. The Morgan fingerprint density at radius 3 is 2.48 bits per heavy atom. The summed E-state index contributed by atoms with van der Waals surface area (Å²) in [6.07, 6.45) is 1.77. The maximum Gasteiger partial charge on any atom is 0.236 e. The molecule has 0 aromatic heterocycles. The Morgan fingerprint density at radius 2 is 1.76 bits per heavy atom. The van der Waals surface area contributed by atoms with Gasteiger partial charge in [-0.2, -0.15) is 0 Å². The van der Waals surface area contributed by atoms with Gasteiger partial charge in [0.1, 0.15) is 6.42 Å². The number of aryl methyl sites for hydroxylation is 4. The number of nitrogens with one attached hydrogen (secondary N) is 1. The van der Waals surface area contributed by atoms with Gasteiger partial charge in [0.15, 0.2) is 0 Å². The second kappa shape index (κ2) is 7.09. The van der Waals surface area contributed by atoms with E-state index in [9.17, 15) is 9.59 Å². The summed E-state index contributed by atoms with van der Waals surface area (Å²) in [5.41, 5.74) is 6.11. The van der Waals surface area contributed by atoms with Gasteiger partial charge in [-0.15, -0.1) is 0 Å². The average molecular weight is 336 g/mol. The van der Waals surface area contributed by atoms with Gasteiger partial charge in [-0.25, -0.2) is 0 Å². The number of fused-ring (bicyclic) bond motifs is 1. The predicted octanol–water partition coefficient (Wildman–Crippen LogP) is 3.92. The van der Waals surface area contributed by atoms with Crippen LogP contribution in [0.4, 0.5) is 11.4 Å². The highest BCUT2D eigenvalue weighted by Gasteiger charge is 2.24. The highest BCUT2D eigenvalue weighted by molar-refractivity contribution is 6.09. The van der Waals surface area contributed by atoms with Gasteiger partial charge in [0.2, 0.25) is 11.8 Å². The molecule has 2 amide bonds. The predicted molar refractivity (Wildman–Crippen MR) is 101 cm³/mol. The van der Waals surface area contributed by atoms with Crippen LogP contribution in [-0.2, 0) is 16.0 Å². The molecule has 0 fully saturated rings. The zero-order chi connectivity index (χ0) is 18.0. The number of nitrogens with zero attached hydrogens (tertiary/aromatic N) is 1. The van der Waals surface area contributed by atoms with E-state index in [4.69, 9.17) is 0 Å². The largest absolute Gasteiger partial charge is 0.325 e. The van der Waals surface area contributed by atoms with Crippen LogP contribution in [-0.4, -0.2) is 18.4 Å². The van der Waals surface area contributed by atoms with Crippen molar-refractivity contribution in [1.29, 1.82) is 0 Å². The van der Waals surface area contributed by atoms with E-state index in [-0.39, 0.29) is 18.2 Å². The van der Waals surface area contributed by atoms with E-state index in [1.807, 2.05) is 57.2 Å². The molecule has 1 heterocycles. The van der Waals surface area contributed by atoms with Crippen molar-refractivity contribution in [2.24, 2.45) is 0 Å². The molecule has 0 saturated heterocycles. The Kier molecular flexibility index (Phi) is 4.88. The molecule has 0 spiro atoms. The molecule has 2 aromatic rings. The maximum absolute atomic E-state index is 12.7. The monoisotopic (exact) mass is 336 g/mol. The van der Waals surface area contributed by atoms with Gasteiger partial charge in [0.25, 0.3) is 0 Å². The van der Waals surface area contributed by atoms with Gasteiger partial charge in [0, 0.05) is 17.9 Å². The molecule has 2 aromatic carbocycles. The molecule has 0 radical (unpaired) electrons. The van der Waals surface area contributed by atoms with Crippen LogP contribution in [0.2, 0.25) is 0 Å². The summed E-state index contributed by atoms with van der Waals surface area (Å²) < 4.78 is 0. The molecule has 0 atom stereocenters. The fourth-order valence-corrected chi connectivity index (χ4v) is 3.59. The highest BCUT2D eigenvalue weighted by atomic mass is 16.2. The number of anilines is 2. The lowest BCUT2D eigenvalue weighted by Gasteiger charge is -2.29. The van der Waals surface area contributed by atoms with Gasteiger partial charge in [-0.05, 0) is 56.4 Å². The van der Waals surface area contributed by atoms with Gasteiger partial charge in [0.05, 0.1) is 0 Å². The second-order valence-corrected chi connectivity index (χ2v) is 6.78. The van der Waals surface area contributed by atoms with Gasteiger partial charge in [-0.3, -0.25) is 9.59 Å². The van der Waals surface area contributed by atoms with Crippen LogP contribution in [0.5, 0.6) is 0 Å². The Labute approximate surface area is 148 Å². The first-order valence-electron chi connectivity index (χ1n) is 8.71. The summed E-state index contributed by atoms with van der Waals surface area (Å²) in [5.74, 6) is -0.407. The van der Waals surface area contributed by atoms with Gasteiger partial charge < -0.3 is 10.2 Å². The van der Waals surface area contributed by atoms with E-state index in [2.05, 4.69) is 5.32 Å². The SMILES string of the molecule is Cc1cc(C)c(NC(=O)CC(=O)N2CCCc3ccccc32)c(C)c1. The van der Waals surface area contributed by atoms with Crippen molar-refractivity contribution in [3.05, 3.63) is 58.7 Å². The minimum Gasteiger partial charge on any atom is -0.325 e. The first kappa shape index (κ1) is 17.2. The molecule has 4 heteroatoms. The molecule has 4 nitrogen and oxygen atoms in total. The summed E-state index contributed by atoms with van der Waals surface area (Å²) in [4.78, 5) is 26.8. The summed E-state index contributed by atoms with van der Waals surface area (Å²) in [5, 5.41) is 2.91. The summed E-state index contributed by atoms with van der Waals surface area (Å²) in [7, 11) is 0. The quantitative estimate of drug-likeness (QED) is 0.864. The third kappa shape index (κ3) is 3.73. The number of para-hydroxylation sites is 1. The van der Waals surface area contributed by atoms with Crippen molar-refractivity contribution >= 4 is 23.2 Å². The molecule has 0 unspecified atom stereocenters. The molecule has 1 aliphatic rings. The van der Waals surface area contributed by atoms with E-state index in [0.717, 1.165) is 40.9 Å². The average Bonchev–Trinajstić information content (AvgIpc) is 2.57. The van der Waals surface area contributed by atoms with Crippen LogP contribution in [0, 0.1) is 20.8 Å². The minimum atomic E-state index is -0.261. The van der Waals surface area contributed by atoms with Gasteiger partial charge >= 0.3 is 0 Å². The topological polar surface area (TPSA) is 49.4 Å². The lowest BCUT2D eigenvalue weighted by atomic mass is 10.0. The Hall–Kier alpha value is -2.62. The van der Waals surface area contributed by atoms with Crippen LogP contribution in [0.3, 0.4) is 0 Å². The lowest BCUT2D eigenvalue weighted by molar-refractivity contribution is -0.125. The molecule has 1 N–H and O–H groups in total. The van der Waals surface area contributed by atoms with Crippen LogP contribution in [0.1, 0.15) is 35.1 Å². The Balaban J connectivity index is 1.71. The smallest absolute Gasteiger partial charge is 0.236 e. The third-order valence-electron chi connectivity index (χ3n) is 4.66. The normalized spacial score (nSPS) is 13.3. The molecule has 25 heavy (non-hydrogen) atoms. The fourth-order valence-electron chi connectivity index (χ4n) is 3.59. The fraction of sp³-hybridized carbons (Fsp3) is 0.333. The van der Waals surface area contributed by atoms with E-state index >= 15 is 0 Å². The van der Waals surface area contributed by atoms with E-state index in [0.29, 0.717) is 6.54 Å². The number of benzene rings is 2. The number of carbonyl (C=O) groups is 2. The van der Waals surface area contributed by atoms with Crippen molar-refractivity contribution in [3.63, 3.8) is 0 Å². The molecule has 130 valence electrons. The summed E-state index contributed by atoms with van der Waals surface area (Å²) in [6, 6.07) is 12.0.